The Hall–Kier alpha value is -2.35. The fourth-order valence-electron chi connectivity index (χ4n) is 3.27. The molecule has 1 aliphatic rings. The highest BCUT2D eigenvalue weighted by Gasteiger charge is 2.20. The Morgan fingerprint density at radius 1 is 1.15 bits per heavy atom. The summed E-state index contributed by atoms with van der Waals surface area (Å²) in [7, 11) is -3.79. The number of carbonyl (C=O) groups excluding carboxylic acids is 1. The van der Waals surface area contributed by atoms with Gasteiger partial charge in [-0.2, -0.15) is 0 Å². The molecule has 0 bridgehead atoms. The van der Waals surface area contributed by atoms with Crippen LogP contribution in [0.2, 0.25) is 0 Å². The largest absolute Gasteiger partial charge is 0.337 e. The fourth-order valence-corrected chi connectivity index (χ4v) is 4.32. The number of aryl methyl sites for hydroxylation is 1. The Bertz CT molecular complexity index is 898. The molecule has 146 valence electrons. The topological polar surface area (TPSA) is 101 Å². The highest BCUT2D eigenvalue weighted by molar-refractivity contribution is 7.92. The standard InChI is InChI=1S/C19H25N3O4S/c1-13-14(2)21-26-19(13)22-27(24,25)17-10-8-16(9-11-17)20-18(23)12-15-6-4-3-5-7-15/h8-11,15,22H,3-7,12H2,1-2H3,(H,20,23). The first-order chi connectivity index (χ1) is 12.8. The number of aromatic nitrogens is 1. The summed E-state index contributed by atoms with van der Waals surface area (Å²) in [6.45, 7) is 3.47. The lowest BCUT2D eigenvalue weighted by atomic mass is 9.87. The minimum absolute atomic E-state index is 0.0246. The van der Waals surface area contributed by atoms with E-state index in [-0.39, 0.29) is 16.7 Å². The maximum absolute atomic E-state index is 12.5. The Balaban J connectivity index is 1.62. The Morgan fingerprint density at radius 2 is 1.81 bits per heavy atom. The molecule has 1 saturated carbocycles. The van der Waals surface area contributed by atoms with Crippen LogP contribution in [0, 0.1) is 19.8 Å². The highest BCUT2D eigenvalue weighted by Crippen LogP contribution is 2.27. The second kappa shape index (κ2) is 8.12. The van der Waals surface area contributed by atoms with E-state index in [1.165, 1.54) is 31.4 Å². The van der Waals surface area contributed by atoms with Gasteiger partial charge in [-0.25, -0.2) is 13.1 Å². The molecule has 0 atom stereocenters. The van der Waals surface area contributed by atoms with Gasteiger partial charge in [0.25, 0.3) is 10.0 Å². The van der Waals surface area contributed by atoms with Gasteiger partial charge in [-0.3, -0.25) is 4.79 Å². The van der Waals surface area contributed by atoms with Crippen molar-refractivity contribution in [2.75, 3.05) is 10.0 Å². The Kier molecular flexibility index (Phi) is 5.84. The van der Waals surface area contributed by atoms with Gasteiger partial charge in [0.05, 0.1) is 10.6 Å². The van der Waals surface area contributed by atoms with Crippen LogP contribution in [-0.4, -0.2) is 19.5 Å². The minimum atomic E-state index is -3.79. The molecule has 1 aromatic heterocycles. The number of sulfonamides is 1. The maximum atomic E-state index is 12.5. The average molecular weight is 391 g/mol. The van der Waals surface area contributed by atoms with E-state index < -0.39 is 10.0 Å². The van der Waals surface area contributed by atoms with E-state index in [0.717, 1.165) is 12.8 Å². The summed E-state index contributed by atoms with van der Waals surface area (Å²) in [4.78, 5) is 12.3. The molecule has 1 heterocycles. The van der Waals surface area contributed by atoms with Crippen LogP contribution in [0.5, 0.6) is 0 Å². The number of nitrogens with one attached hydrogen (secondary N) is 2. The summed E-state index contributed by atoms with van der Waals surface area (Å²) in [5.41, 5.74) is 1.86. The number of hydrogen-bond acceptors (Lipinski definition) is 5. The third-order valence-corrected chi connectivity index (χ3v) is 6.38. The molecule has 2 aromatic rings. The summed E-state index contributed by atoms with van der Waals surface area (Å²) in [5, 5.41) is 6.59. The second-order valence-electron chi connectivity index (χ2n) is 7.11. The molecular formula is C19H25N3O4S. The fraction of sp³-hybridized carbons (Fsp3) is 0.474. The first-order valence-electron chi connectivity index (χ1n) is 9.21. The van der Waals surface area contributed by atoms with Crippen LogP contribution in [0.15, 0.2) is 33.7 Å². The Morgan fingerprint density at radius 3 is 2.41 bits per heavy atom. The van der Waals surface area contributed by atoms with E-state index in [1.807, 2.05) is 0 Å². The predicted octanol–water partition coefficient (Wildman–Crippen LogP) is 4.00. The minimum Gasteiger partial charge on any atom is -0.337 e. The number of nitrogens with zero attached hydrogens (tertiary/aromatic N) is 1. The van der Waals surface area contributed by atoms with E-state index >= 15 is 0 Å². The third kappa shape index (κ3) is 4.88. The molecule has 2 N–H and O–H groups in total. The van der Waals surface area contributed by atoms with E-state index in [4.69, 9.17) is 4.52 Å². The van der Waals surface area contributed by atoms with Gasteiger partial charge in [0.2, 0.25) is 11.8 Å². The number of anilines is 2. The zero-order chi connectivity index (χ0) is 19.4. The first-order valence-corrected chi connectivity index (χ1v) is 10.7. The summed E-state index contributed by atoms with van der Waals surface area (Å²) in [5.74, 6) is 0.539. The van der Waals surface area contributed by atoms with Gasteiger partial charge in [-0.1, -0.05) is 24.4 Å². The van der Waals surface area contributed by atoms with Gasteiger partial charge >= 0.3 is 0 Å². The molecule has 0 unspecified atom stereocenters. The number of carbonyl (C=O) groups is 1. The normalized spacial score (nSPS) is 15.5. The van der Waals surface area contributed by atoms with Crippen LogP contribution in [0.1, 0.15) is 49.8 Å². The van der Waals surface area contributed by atoms with E-state index in [9.17, 15) is 13.2 Å². The van der Waals surface area contributed by atoms with Crippen molar-refractivity contribution < 1.29 is 17.7 Å². The number of hydrogen-bond donors (Lipinski definition) is 2. The second-order valence-corrected chi connectivity index (χ2v) is 8.79. The van der Waals surface area contributed by atoms with Crippen LogP contribution < -0.4 is 10.0 Å². The van der Waals surface area contributed by atoms with Crippen LogP contribution in [0.3, 0.4) is 0 Å². The highest BCUT2D eigenvalue weighted by atomic mass is 32.2. The van der Waals surface area contributed by atoms with Crippen molar-refractivity contribution >= 4 is 27.5 Å². The van der Waals surface area contributed by atoms with Gasteiger partial charge < -0.3 is 9.84 Å². The molecule has 1 fully saturated rings. The zero-order valence-electron chi connectivity index (χ0n) is 15.6. The predicted molar refractivity (Wildman–Crippen MR) is 103 cm³/mol. The molecule has 0 radical (unpaired) electrons. The van der Waals surface area contributed by atoms with Gasteiger partial charge in [0, 0.05) is 17.7 Å². The lowest BCUT2D eigenvalue weighted by Crippen LogP contribution is -2.18. The van der Waals surface area contributed by atoms with E-state index in [0.29, 0.717) is 29.3 Å². The molecule has 1 aromatic carbocycles. The molecule has 0 saturated heterocycles. The third-order valence-electron chi connectivity index (χ3n) is 5.03. The average Bonchev–Trinajstić information content (AvgIpc) is 2.94. The van der Waals surface area contributed by atoms with Crippen molar-refractivity contribution in [2.24, 2.45) is 5.92 Å². The zero-order valence-corrected chi connectivity index (χ0v) is 16.4. The van der Waals surface area contributed by atoms with Crippen molar-refractivity contribution in [3.63, 3.8) is 0 Å². The molecule has 1 amide bonds. The number of rotatable bonds is 6. The lowest BCUT2D eigenvalue weighted by Gasteiger charge is -2.20. The lowest BCUT2D eigenvalue weighted by molar-refractivity contribution is -0.117. The van der Waals surface area contributed by atoms with Gasteiger partial charge in [-0.15, -0.1) is 0 Å². The SMILES string of the molecule is Cc1noc(NS(=O)(=O)c2ccc(NC(=O)CC3CCCCC3)cc2)c1C. The molecule has 8 heteroatoms. The summed E-state index contributed by atoms with van der Waals surface area (Å²) >= 11 is 0. The molecule has 7 nitrogen and oxygen atoms in total. The van der Waals surface area contributed by atoms with Crippen molar-refractivity contribution in [3.05, 3.63) is 35.5 Å². The summed E-state index contributed by atoms with van der Waals surface area (Å²) < 4.78 is 32.3. The van der Waals surface area contributed by atoms with Crippen LogP contribution in [-0.2, 0) is 14.8 Å². The van der Waals surface area contributed by atoms with E-state index in [2.05, 4.69) is 15.2 Å². The van der Waals surface area contributed by atoms with Gasteiger partial charge in [0.1, 0.15) is 0 Å². The smallest absolute Gasteiger partial charge is 0.264 e. The van der Waals surface area contributed by atoms with Crippen molar-refractivity contribution in [2.45, 2.75) is 57.3 Å². The van der Waals surface area contributed by atoms with Crippen LogP contribution in [0.4, 0.5) is 11.6 Å². The molecule has 0 aliphatic heterocycles. The van der Waals surface area contributed by atoms with Gasteiger partial charge in [0.15, 0.2) is 0 Å². The number of amides is 1. The molecule has 27 heavy (non-hydrogen) atoms. The molecular weight excluding hydrogens is 366 g/mol. The first kappa shape index (κ1) is 19.4. The Labute approximate surface area is 159 Å². The molecule has 3 rings (SSSR count). The summed E-state index contributed by atoms with van der Waals surface area (Å²) in [6.07, 6.45) is 6.39. The maximum Gasteiger partial charge on any atom is 0.264 e. The van der Waals surface area contributed by atoms with Crippen LogP contribution >= 0.6 is 0 Å². The van der Waals surface area contributed by atoms with Gasteiger partial charge in [-0.05, 0) is 56.9 Å². The monoisotopic (exact) mass is 391 g/mol. The van der Waals surface area contributed by atoms with Crippen molar-refractivity contribution in [1.29, 1.82) is 0 Å². The molecule has 1 aliphatic carbocycles. The quantitative estimate of drug-likeness (QED) is 0.775. The van der Waals surface area contributed by atoms with Crippen molar-refractivity contribution in [3.8, 4) is 0 Å². The van der Waals surface area contributed by atoms with Crippen molar-refractivity contribution in [1.82, 2.24) is 5.16 Å². The summed E-state index contributed by atoms with van der Waals surface area (Å²) in [6, 6.07) is 6.09. The van der Waals surface area contributed by atoms with Crippen LogP contribution in [0.25, 0.3) is 0 Å². The molecule has 0 spiro atoms. The van der Waals surface area contributed by atoms with E-state index in [1.54, 1.807) is 26.0 Å². The number of benzene rings is 1.